The smallest absolute Gasteiger partial charge is 0.229 e. The second-order valence-corrected chi connectivity index (χ2v) is 10.00. The summed E-state index contributed by atoms with van der Waals surface area (Å²) in [6.45, 7) is 5.40. The third kappa shape index (κ3) is 7.32. The van der Waals surface area contributed by atoms with Gasteiger partial charge in [-0.3, -0.25) is 9.44 Å². The molecule has 0 radical (unpaired) electrons. The first-order chi connectivity index (χ1) is 11.3. The first-order valence-corrected chi connectivity index (χ1v) is 11.3. The predicted molar refractivity (Wildman–Crippen MR) is 105 cm³/mol. The SMILES string of the molecule is CC(C)SN[C@H]1CC[C@H](CNc2ccc(NS(C)(=O)=O)cc2)CC1. The average Bonchev–Trinajstić information content (AvgIpc) is 2.52. The number of benzene rings is 1. The van der Waals surface area contributed by atoms with E-state index in [9.17, 15) is 8.42 Å². The molecule has 0 bridgehead atoms. The van der Waals surface area contributed by atoms with Gasteiger partial charge >= 0.3 is 0 Å². The molecule has 0 aromatic heterocycles. The van der Waals surface area contributed by atoms with E-state index in [1.54, 1.807) is 12.1 Å². The standard InChI is InChI=1S/C17H29N3O2S2/c1-13(2)23-19-16-6-4-14(5-7-16)12-18-15-8-10-17(11-9-15)20-24(3,21)22/h8-11,13-14,16,18-20H,4-7,12H2,1-3H3/t14-,16-. The minimum Gasteiger partial charge on any atom is -0.385 e. The zero-order valence-corrected chi connectivity index (χ0v) is 16.3. The maximum atomic E-state index is 11.2. The predicted octanol–water partition coefficient (Wildman–Crippen LogP) is 3.68. The molecule has 3 N–H and O–H groups in total. The summed E-state index contributed by atoms with van der Waals surface area (Å²) >= 11 is 1.84. The molecule has 5 nitrogen and oxygen atoms in total. The van der Waals surface area contributed by atoms with Crippen molar-refractivity contribution in [3.63, 3.8) is 0 Å². The number of hydrogen-bond acceptors (Lipinski definition) is 5. The average molecular weight is 372 g/mol. The molecule has 0 spiro atoms. The molecule has 1 saturated carbocycles. The van der Waals surface area contributed by atoms with Crippen molar-refractivity contribution >= 4 is 33.3 Å². The molecule has 1 aromatic carbocycles. The number of rotatable bonds is 8. The molecule has 1 aliphatic rings. The molecule has 0 heterocycles. The van der Waals surface area contributed by atoms with E-state index < -0.39 is 10.0 Å². The lowest BCUT2D eigenvalue weighted by atomic mass is 9.86. The van der Waals surface area contributed by atoms with Gasteiger partial charge in [-0.15, -0.1) is 0 Å². The summed E-state index contributed by atoms with van der Waals surface area (Å²) in [5, 5.41) is 4.10. The molecule has 7 heteroatoms. The fourth-order valence-electron chi connectivity index (χ4n) is 2.85. The topological polar surface area (TPSA) is 70.2 Å². The van der Waals surface area contributed by atoms with Crippen LogP contribution in [0.5, 0.6) is 0 Å². The van der Waals surface area contributed by atoms with E-state index >= 15 is 0 Å². The molecule has 24 heavy (non-hydrogen) atoms. The third-order valence-electron chi connectivity index (χ3n) is 4.10. The second-order valence-electron chi connectivity index (χ2n) is 6.83. The number of nitrogens with one attached hydrogen (secondary N) is 3. The van der Waals surface area contributed by atoms with Gasteiger partial charge in [0.15, 0.2) is 0 Å². The van der Waals surface area contributed by atoms with E-state index in [0.717, 1.165) is 18.5 Å². The lowest BCUT2D eigenvalue weighted by Crippen LogP contribution is -2.31. The molecular weight excluding hydrogens is 342 g/mol. The molecule has 1 fully saturated rings. The van der Waals surface area contributed by atoms with Crippen LogP contribution in [0.2, 0.25) is 0 Å². The molecule has 0 aliphatic heterocycles. The zero-order chi connectivity index (χ0) is 17.6. The van der Waals surface area contributed by atoms with Gasteiger partial charge < -0.3 is 5.32 Å². The molecule has 0 atom stereocenters. The van der Waals surface area contributed by atoms with Crippen LogP contribution in [-0.2, 0) is 10.0 Å². The fourth-order valence-corrected chi connectivity index (χ4v) is 4.11. The molecule has 2 rings (SSSR count). The van der Waals surface area contributed by atoms with Crippen LogP contribution in [0.25, 0.3) is 0 Å². The molecule has 136 valence electrons. The summed E-state index contributed by atoms with van der Waals surface area (Å²) in [4.78, 5) is 0. The van der Waals surface area contributed by atoms with Crippen LogP contribution in [0.3, 0.4) is 0 Å². The summed E-state index contributed by atoms with van der Waals surface area (Å²) < 4.78 is 28.4. The van der Waals surface area contributed by atoms with Crippen molar-refractivity contribution in [1.82, 2.24) is 4.72 Å². The van der Waals surface area contributed by atoms with Crippen molar-refractivity contribution in [3.8, 4) is 0 Å². The van der Waals surface area contributed by atoms with Gasteiger partial charge in [0.2, 0.25) is 10.0 Å². The van der Waals surface area contributed by atoms with Crippen molar-refractivity contribution < 1.29 is 8.42 Å². The Labute approximate surface area is 150 Å². The molecule has 0 saturated heterocycles. The van der Waals surface area contributed by atoms with Crippen LogP contribution in [0.4, 0.5) is 11.4 Å². The van der Waals surface area contributed by atoms with E-state index in [1.807, 2.05) is 24.1 Å². The Hall–Kier alpha value is -0.920. The molecule has 0 amide bonds. The highest BCUT2D eigenvalue weighted by molar-refractivity contribution is 7.98. The van der Waals surface area contributed by atoms with Crippen LogP contribution >= 0.6 is 11.9 Å². The van der Waals surface area contributed by atoms with E-state index in [0.29, 0.717) is 22.9 Å². The first kappa shape index (κ1) is 19.4. The van der Waals surface area contributed by atoms with E-state index in [1.165, 1.54) is 25.7 Å². The fraction of sp³-hybridized carbons (Fsp3) is 0.647. The van der Waals surface area contributed by atoms with Crippen LogP contribution in [0, 0.1) is 5.92 Å². The lowest BCUT2D eigenvalue weighted by molar-refractivity contribution is 0.328. The van der Waals surface area contributed by atoms with Gasteiger partial charge in [-0.05, 0) is 55.9 Å². The normalized spacial score (nSPS) is 21.7. The van der Waals surface area contributed by atoms with Crippen molar-refractivity contribution in [2.24, 2.45) is 5.92 Å². The van der Waals surface area contributed by atoms with Gasteiger partial charge in [0.05, 0.1) is 6.26 Å². The second kappa shape index (κ2) is 8.97. The minimum atomic E-state index is -3.21. The molecular formula is C17H29N3O2S2. The monoisotopic (exact) mass is 371 g/mol. The summed E-state index contributed by atoms with van der Waals surface area (Å²) in [6.07, 6.45) is 6.13. The zero-order valence-electron chi connectivity index (χ0n) is 14.7. The van der Waals surface area contributed by atoms with Crippen molar-refractivity contribution in [2.45, 2.75) is 50.8 Å². The van der Waals surface area contributed by atoms with Crippen molar-refractivity contribution in [1.29, 1.82) is 0 Å². The third-order valence-corrected chi connectivity index (χ3v) is 5.65. The Morgan fingerprint density at radius 3 is 2.21 bits per heavy atom. The van der Waals surface area contributed by atoms with E-state index in [2.05, 4.69) is 28.6 Å². The van der Waals surface area contributed by atoms with E-state index in [-0.39, 0.29) is 0 Å². The number of anilines is 2. The Morgan fingerprint density at radius 2 is 1.67 bits per heavy atom. The Bertz CT molecular complexity index is 595. The van der Waals surface area contributed by atoms with Gasteiger partial charge in [0.1, 0.15) is 0 Å². The maximum absolute atomic E-state index is 11.2. The molecule has 1 aromatic rings. The van der Waals surface area contributed by atoms with Gasteiger partial charge in [0.25, 0.3) is 0 Å². The van der Waals surface area contributed by atoms with Gasteiger partial charge in [-0.1, -0.05) is 25.8 Å². The van der Waals surface area contributed by atoms with Gasteiger partial charge in [-0.25, -0.2) is 8.42 Å². The minimum absolute atomic E-state index is 0.595. The van der Waals surface area contributed by atoms with E-state index in [4.69, 9.17) is 0 Å². The van der Waals surface area contributed by atoms with Crippen LogP contribution in [-0.4, -0.2) is 32.5 Å². The molecule has 1 aliphatic carbocycles. The molecule has 0 unspecified atom stereocenters. The Kier molecular flexibility index (Phi) is 7.25. The highest BCUT2D eigenvalue weighted by Gasteiger charge is 2.21. The highest BCUT2D eigenvalue weighted by atomic mass is 32.2. The quantitative estimate of drug-likeness (QED) is 0.608. The lowest BCUT2D eigenvalue weighted by Gasteiger charge is -2.29. The Balaban J connectivity index is 1.71. The van der Waals surface area contributed by atoms with Crippen LogP contribution in [0.1, 0.15) is 39.5 Å². The summed E-state index contributed by atoms with van der Waals surface area (Å²) in [5.41, 5.74) is 1.63. The van der Waals surface area contributed by atoms with Crippen LogP contribution < -0.4 is 14.8 Å². The van der Waals surface area contributed by atoms with Crippen LogP contribution in [0.15, 0.2) is 24.3 Å². The number of sulfonamides is 1. The maximum Gasteiger partial charge on any atom is 0.229 e. The first-order valence-electron chi connectivity index (χ1n) is 8.55. The van der Waals surface area contributed by atoms with Gasteiger partial charge in [-0.2, -0.15) is 0 Å². The summed E-state index contributed by atoms with van der Waals surface area (Å²) in [7, 11) is -3.21. The highest BCUT2D eigenvalue weighted by Crippen LogP contribution is 2.26. The van der Waals surface area contributed by atoms with Crippen molar-refractivity contribution in [3.05, 3.63) is 24.3 Å². The van der Waals surface area contributed by atoms with Gasteiger partial charge in [0, 0.05) is 29.2 Å². The largest absolute Gasteiger partial charge is 0.385 e. The number of hydrogen-bond donors (Lipinski definition) is 3. The summed E-state index contributed by atoms with van der Waals surface area (Å²) in [6, 6.07) is 8.05. The summed E-state index contributed by atoms with van der Waals surface area (Å²) in [5.74, 6) is 0.709. The van der Waals surface area contributed by atoms with Crippen molar-refractivity contribution in [2.75, 3.05) is 22.8 Å². The Morgan fingerprint density at radius 1 is 1.08 bits per heavy atom.